The summed E-state index contributed by atoms with van der Waals surface area (Å²) in [5.41, 5.74) is 2.42. The van der Waals surface area contributed by atoms with Crippen molar-refractivity contribution in [1.29, 1.82) is 0 Å². The summed E-state index contributed by atoms with van der Waals surface area (Å²) in [6.45, 7) is 4.47. The zero-order valence-electron chi connectivity index (χ0n) is 11.9. The molecule has 0 aliphatic carbocycles. The molecule has 106 valence electrons. The smallest absolute Gasteiger partial charge is 0.128 e. The number of anilines is 2. The number of nitrogens with zero attached hydrogens (tertiary/aromatic N) is 2. The first-order valence-corrected chi connectivity index (χ1v) is 8.27. The zero-order chi connectivity index (χ0) is 13.8. The second-order valence-electron chi connectivity index (χ2n) is 5.38. The largest absolute Gasteiger partial charge is 0.377 e. The Morgan fingerprint density at radius 2 is 2.05 bits per heavy atom. The van der Waals surface area contributed by atoms with Crippen LogP contribution in [-0.4, -0.2) is 18.1 Å². The summed E-state index contributed by atoms with van der Waals surface area (Å²) in [5, 5.41) is 7.80. The minimum atomic E-state index is 0.323. The van der Waals surface area contributed by atoms with Crippen molar-refractivity contribution in [1.82, 2.24) is 4.98 Å². The monoisotopic (exact) mass is 287 g/mol. The van der Waals surface area contributed by atoms with Crippen LogP contribution in [0.25, 0.3) is 0 Å². The molecule has 0 saturated carbocycles. The first-order chi connectivity index (χ1) is 9.83. The SMILES string of the molecule is CC(Nc1ccc(N2CCCCC2)nc1)c1ccsc1. The molecule has 20 heavy (non-hydrogen) atoms. The zero-order valence-corrected chi connectivity index (χ0v) is 12.7. The standard InChI is InChI=1S/C16H21N3S/c1-13(14-7-10-20-12-14)18-15-5-6-16(17-11-15)19-8-3-2-4-9-19/h5-7,10-13,18H,2-4,8-9H2,1H3. The highest BCUT2D eigenvalue weighted by molar-refractivity contribution is 7.07. The van der Waals surface area contributed by atoms with Gasteiger partial charge in [0, 0.05) is 19.1 Å². The van der Waals surface area contributed by atoms with Gasteiger partial charge in [0.15, 0.2) is 0 Å². The maximum Gasteiger partial charge on any atom is 0.128 e. The Hall–Kier alpha value is -1.55. The van der Waals surface area contributed by atoms with E-state index in [1.54, 1.807) is 11.3 Å². The molecule has 2 aromatic heterocycles. The van der Waals surface area contributed by atoms with Crippen LogP contribution >= 0.6 is 11.3 Å². The third kappa shape index (κ3) is 3.12. The van der Waals surface area contributed by atoms with Gasteiger partial charge in [-0.25, -0.2) is 4.98 Å². The molecule has 1 aliphatic heterocycles. The fourth-order valence-electron chi connectivity index (χ4n) is 2.64. The third-order valence-electron chi connectivity index (χ3n) is 3.85. The number of hydrogen-bond acceptors (Lipinski definition) is 4. The summed E-state index contributed by atoms with van der Waals surface area (Å²) < 4.78 is 0. The molecule has 0 spiro atoms. The highest BCUT2D eigenvalue weighted by Gasteiger charge is 2.12. The Bertz CT molecular complexity index is 515. The van der Waals surface area contributed by atoms with E-state index < -0.39 is 0 Å². The average molecular weight is 287 g/mol. The lowest BCUT2D eigenvalue weighted by atomic mass is 10.1. The Kier molecular flexibility index (Phi) is 4.21. The molecule has 0 bridgehead atoms. The minimum Gasteiger partial charge on any atom is -0.377 e. The fourth-order valence-corrected chi connectivity index (χ4v) is 3.39. The van der Waals surface area contributed by atoms with Crippen LogP contribution in [0.5, 0.6) is 0 Å². The average Bonchev–Trinajstić information content (AvgIpc) is 3.03. The second-order valence-corrected chi connectivity index (χ2v) is 6.16. The summed E-state index contributed by atoms with van der Waals surface area (Å²) in [6, 6.07) is 6.76. The van der Waals surface area contributed by atoms with Crippen molar-refractivity contribution < 1.29 is 0 Å². The van der Waals surface area contributed by atoms with Crippen molar-refractivity contribution in [3.05, 3.63) is 40.7 Å². The predicted octanol–water partition coefficient (Wildman–Crippen LogP) is 4.31. The third-order valence-corrected chi connectivity index (χ3v) is 4.56. The van der Waals surface area contributed by atoms with Gasteiger partial charge >= 0.3 is 0 Å². The van der Waals surface area contributed by atoms with Crippen molar-refractivity contribution in [3.63, 3.8) is 0 Å². The maximum absolute atomic E-state index is 4.60. The highest BCUT2D eigenvalue weighted by Crippen LogP contribution is 2.23. The summed E-state index contributed by atoms with van der Waals surface area (Å²) in [7, 11) is 0. The molecule has 1 aliphatic rings. The molecule has 1 saturated heterocycles. The van der Waals surface area contributed by atoms with Gasteiger partial charge in [-0.1, -0.05) is 0 Å². The Morgan fingerprint density at radius 1 is 1.20 bits per heavy atom. The molecule has 0 radical (unpaired) electrons. The Balaban J connectivity index is 1.63. The number of rotatable bonds is 4. The van der Waals surface area contributed by atoms with Crippen LogP contribution in [0, 0.1) is 0 Å². The maximum atomic E-state index is 4.60. The topological polar surface area (TPSA) is 28.2 Å². The van der Waals surface area contributed by atoms with Crippen molar-refractivity contribution >= 4 is 22.8 Å². The van der Waals surface area contributed by atoms with E-state index in [1.165, 1.54) is 24.8 Å². The van der Waals surface area contributed by atoms with E-state index in [1.807, 2.05) is 6.20 Å². The van der Waals surface area contributed by atoms with E-state index in [9.17, 15) is 0 Å². The molecule has 1 atom stereocenters. The van der Waals surface area contributed by atoms with Gasteiger partial charge in [-0.15, -0.1) is 0 Å². The molecule has 1 N–H and O–H groups in total. The number of thiophene rings is 1. The second kappa shape index (κ2) is 6.27. The van der Waals surface area contributed by atoms with E-state index in [4.69, 9.17) is 0 Å². The molecule has 0 aromatic carbocycles. The van der Waals surface area contributed by atoms with Gasteiger partial charge in [0.25, 0.3) is 0 Å². The summed E-state index contributed by atoms with van der Waals surface area (Å²) in [6.07, 6.45) is 5.88. The minimum absolute atomic E-state index is 0.323. The molecule has 3 nitrogen and oxygen atoms in total. The number of aromatic nitrogens is 1. The van der Waals surface area contributed by atoms with Crippen LogP contribution in [0.15, 0.2) is 35.2 Å². The molecule has 1 unspecified atom stereocenters. The Labute approximate surface area is 124 Å². The van der Waals surface area contributed by atoms with E-state index in [0.29, 0.717) is 6.04 Å². The van der Waals surface area contributed by atoms with Gasteiger partial charge in [-0.3, -0.25) is 0 Å². The van der Waals surface area contributed by atoms with Crippen molar-refractivity contribution in [2.75, 3.05) is 23.3 Å². The van der Waals surface area contributed by atoms with Gasteiger partial charge in [-0.05, 0) is 60.7 Å². The number of hydrogen-bond donors (Lipinski definition) is 1. The van der Waals surface area contributed by atoms with Gasteiger partial charge < -0.3 is 10.2 Å². The van der Waals surface area contributed by atoms with Crippen LogP contribution in [0.2, 0.25) is 0 Å². The van der Waals surface area contributed by atoms with Crippen molar-refractivity contribution in [3.8, 4) is 0 Å². The molecule has 3 heterocycles. The molecule has 2 aromatic rings. The summed E-state index contributed by atoms with van der Waals surface area (Å²) >= 11 is 1.74. The molecule has 1 fully saturated rings. The van der Waals surface area contributed by atoms with Crippen LogP contribution < -0.4 is 10.2 Å². The van der Waals surface area contributed by atoms with Crippen LogP contribution in [-0.2, 0) is 0 Å². The lowest BCUT2D eigenvalue weighted by Gasteiger charge is -2.27. The first kappa shape index (κ1) is 13.4. The van der Waals surface area contributed by atoms with E-state index in [2.05, 4.69) is 51.1 Å². The molecular formula is C16H21N3S. The van der Waals surface area contributed by atoms with E-state index in [0.717, 1.165) is 24.6 Å². The highest BCUT2D eigenvalue weighted by atomic mass is 32.1. The van der Waals surface area contributed by atoms with Crippen LogP contribution in [0.1, 0.15) is 37.8 Å². The first-order valence-electron chi connectivity index (χ1n) is 7.32. The predicted molar refractivity (Wildman–Crippen MR) is 86.7 cm³/mol. The van der Waals surface area contributed by atoms with E-state index in [-0.39, 0.29) is 0 Å². The van der Waals surface area contributed by atoms with Crippen molar-refractivity contribution in [2.24, 2.45) is 0 Å². The Morgan fingerprint density at radius 3 is 2.70 bits per heavy atom. The number of pyridine rings is 1. The lowest BCUT2D eigenvalue weighted by molar-refractivity contribution is 0.573. The molecular weight excluding hydrogens is 266 g/mol. The normalized spacial score (nSPS) is 16.9. The molecule has 0 amide bonds. The summed E-state index contributed by atoms with van der Waals surface area (Å²) in [5.74, 6) is 1.11. The summed E-state index contributed by atoms with van der Waals surface area (Å²) in [4.78, 5) is 6.99. The molecule has 4 heteroatoms. The quantitative estimate of drug-likeness (QED) is 0.908. The van der Waals surface area contributed by atoms with Gasteiger partial charge in [0.1, 0.15) is 5.82 Å². The van der Waals surface area contributed by atoms with Crippen molar-refractivity contribution in [2.45, 2.75) is 32.2 Å². The van der Waals surface area contributed by atoms with E-state index >= 15 is 0 Å². The van der Waals surface area contributed by atoms with Crippen LogP contribution in [0.4, 0.5) is 11.5 Å². The number of nitrogens with one attached hydrogen (secondary N) is 1. The van der Waals surface area contributed by atoms with Crippen LogP contribution in [0.3, 0.4) is 0 Å². The van der Waals surface area contributed by atoms with Gasteiger partial charge in [0.2, 0.25) is 0 Å². The number of piperidine rings is 1. The van der Waals surface area contributed by atoms with Gasteiger partial charge in [-0.2, -0.15) is 11.3 Å². The van der Waals surface area contributed by atoms with Gasteiger partial charge in [0.05, 0.1) is 11.9 Å². The fraction of sp³-hybridized carbons (Fsp3) is 0.438. The lowest BCUT2D eigenvalue weighted by Crippen LogP contribution is -2.30. The molecule has 3 rings (SSSR count).